The molecule has 0 amide bonds. The molecule has 14 heavy (non-hydrogen) atoms. The van der Waals surface area contributed by atoms with Crippen LogP contribution in [0.5, 0.6) is 0 Å². The number of rotatable bonds is 2. The first-order valence-corrected chi connectivity index (χ1v) is 4.94. The van der Waals surface area contributed by atoms with Gasteiger partial charge in [0, 0.05) is 25.4 Å². The minimum Gasteiger partial charge on any atom is -0.396 e. The van der Waals surface area contributed by atoms with Crippen molar-refractivity contribution in [3.05, 3.63) is 35.9 Å². The summed E-state index contributed by atoms with van der Waals surface area (Å²) in [5, 5.41) is 8.92. The van der Waals surface area contributed by atoms with Crippen LogP contribution < -0.4 is 4.90 Å². The molecule has 0 aromatic heterocycles. The maximum Gasteiger partial charge on any atom is 0.0495 e. The minimum absolute atomic E-state index is 0.238. The van der Waals surface area contributed by atoms with Gasteiger partial charge in [0.25, 0.3) is 0 Å². The number of hydrogen-bond donors (Lipinski definition) is 1. The van der Waals surface area contributed by atoms with Crippen LogP contribution >= 0.6 is 0 Å². The summed E-state index contributed by atoms with van der Waals surface area (Å²) in [5.74, 6) is 0. The molecule has 1 aromatic carbocycles. The highest BCUT2D eigenvalue weighted by molar-refractivity contribution is 5.71. The number of hydrogen-bond acceptors (Lipinski definition) is 2. The van der Waals surface area contributed by atoms with Crippen molar-refractivity contribution in [1.82, 2.24) is 0 Å². The van der Waals surface area contributed by atoms with Crippen molar-refractivity contribution in [2.45, 2.75) is 12.5 Å². The average molecular weight is 189 g/mol. The number of anilines is 1. The molecule has 0 saturated heterocycles. The first kappa shape index (κ1) is 9.28. The van der Waals surface area contributed by atoms with Gasteiger partial charge in [0.1, 0.15) is 0 Å². The van der Waals surface area contributed by atoms with E-state index in [0.29, 0.717) is 6.04 Å². The lowest BCUT2D eigenvalue weighted by molar-refractivity contribution is 0.281. The summed E-state index contributed by atoms with van der Waals surface area (Å²) < 4.78 is 0. The SMILES string of the molecule is CN1c2ccccc2C=CC1CCO. The van der Waals surface area contributed by atoms with Crippen molar-refractivity contribution in [2.75, 3.05) is 18.6 Å². The topological polar surface area (TPSA) is 23.5 Å². The van der Waals surface area contributed by atoms with E-state index in [1.54, 1.807) is 0 Å². The molecule has 0 radical (unpaired) electrons. The van der Waals surface area contributed by atoms with Crippen LogP contribution in [0, 0.1) is 0 Å². The third kappa shape index (κ3) is 1.53. The second-order valence-corrected chi connectivity index (χ2v) is 3.61. The predicted octanol–water partition coefficient (Wildman–Crippen LogP) is 1.90. The van der Waals surface area contributed by atoms with Gasteiger partial charge in [0.05, 0.1) is 0 Å². The minimum atomic E-state index is 0.238. The van der Waals surface area contributed by atoms with E-state index in [9.17, 15) is 0 Å². The lowest BCUT2D eigenvalue weighted by atomic mass is 10.0. The molecule has 2 heteroatoms. The van der Waals surface area contributed by atoms with Gasteiger partial charge < -0.3 is 10.0 Å². The van der Waals surface area contributed by atoms with Gasteiger partial charge in [-0.3, -0.25) is 0 Å². The third-order valence-corrected chi connectivity index (χ3v) is 2.74. The smallest absolute Gasteiger partial charge is 0.0495 e. The number of likely N-dealkylation sites (N-methyl/N-ethyl adjacent to an activating group) is 1. The number of fused-ring (bicyclic) bond motifs is 1. The zero-order valence-electron chi connectivity index (χ0n) is 8.35. The summed E-state index contributed by atoms with van der Waals surface area (Å²) in [6.07, 6.45) is 5.08. The molecule has 1 heterocycles. The largest absolute Gasteiger partial charge is 0.396 e. The molecule has 1 aromatic rings. The average Bonchev–Trinajstić information content (AvgIpc) is 2.23. The maximum absolute atomic E-state index is 8.92. The van der Waals surface area contributed by atoms with E-state index in [4.69, 9.17) is 5.11 Å². The van der Waals surface area contributed by atoms with Crippen molar-refractivity contribution in [3.63, 3.8) is 0 Å². The molecule has 2 nitrogen and oxygen atoms in total. The summed E-state index contributed by atoms with van der Waals surface area (Å²) in [5.41, 5.74) is 2.50. The van der Waals surface area contributed by atoms with Gasteiger partial charge in [0.2, 0.25) is 0 Å². The zero-order valence-corrected chi connectivity index (χ0v) is 8.35. The van der Waals surface area contributed by atoms with Gasteiger partial charge >= 0.3 is 0 Å². The molecule has 1 unspecified atom stereocenters. The number of para-hydroxylation sites is 1. The van der Waals surface area contributed by atoms with Crippen LogP contribution in [-0.4, -0.2) is 24.8 Å². The molecular formula is C12H15NO. The van der Waals surface area contributed by atoms with E-state index in [-0.39, 0.29) is 6.61 Å². The molecule has 1 N–H and O–H groups in total. The molecule has 74 valence electrons. The number of aliphatic hydroxyl groups excluding tert-OH is 1. The van der Waals surface area contributed by atoms with Gasteiger partial charge in [-0.2, -0.15) is 0 Å². The molecule has 0 aliphatic carbocycles. The highest BCUT2D eigenvalue weighted by atomic mass is 16.3. The van der Waals surface area contributed by atoms with Crippen molar-refractivity contribution >= 4 is 11.8 Å². The zero-order chi connectivity index (χ0) is 9.97. The van der Waals surface area contributed by atoms with Crippen LogP contribution in [0.4, 0.5) is 5.69 Å². The Labute approximate surface area is 84.5 Å². The van der Waals surface area contributed by atoms with E-state index in [0.717, 1.165) is 6.42 Å². The monoisotopic (exact) mass is 189 g/mol. The Morgan fingerprint density at radius 3 is 2.93 bits per heavy atom. The molecule has 0 spiro atoms. The molecule has 1 atom stereocenters. The van der Waals surface area contributed by atoms with Crippen LogP contribution in [0.2, 0.25) is 0 Å². The molecule has 1 aliphatic rings. The van der Waals surface area contributed by atoms with Gasteiger partial charge in [0.15, 0.2) is 0 Å². The van der Waals surface area contributed by atoms with Gasteiger partial charge in [-0.25, -0.2) is 0 Å². The van der Waals surface area contributed by atoms with E-state index < -0.39 is 0 Å². The Hall–Kier alpha value is -1.28. The lowest BCUT2D eigenvalue weighted by Gasteiger charge is -2.31. The van der Waals surface area contributed by atoms with Gasteiger partial charge in [-0.1, -0.05) is 30.4 Å². The van der Waals surface area contributed by atoms with Gasteiger partial charge in [-0.05, 0) is 18.1 Å². The fraction of sp³-hybridized carbons (Fsp3) is 0.333. The second kappa shape index (κ2) is 3.84. The highest BCUT2D eigenvalue weighted by Gasteiger charge is 2.17. The van der Waals surface area contributed by atoms with Crippen LogP contribution in [0.25, 0.3) is 6.08 Å². The fourth-order valence-corrected chi connectivity index (χ4v) is 1.89. The van der Waals surface area contributed by atoms with Crippen molar-refractivity contribution in [1.29, 1.82) is 0 Å². The highest BCUT2D eigenvalue weighted by Crippen LogP contribution is 2.28. The van der Waals surface area contributed by atoms with Crippen LogP contribution in [0.3, 0.4) is 0 Å². The number of nitrogens with zero attached hydrogens (tertiary/aromatic N) is 1. The quantitative estimate of drug-likeness (QED) is 0.768. The molecule has 0 bridgehead atoms. The van der Waals surface area contributed by atoms with Crippen molar-refractivity contribution < 1.29 is 5.11 Å². The molecule has 1 aliphatic heterocycles. The first-order chi connectivity index (χ1) is 6.83. The Balaban J connectivity index is 2.30. The predicted molar refractivity (Wildman–Crippen MR) is 59.4 cm³/mol. The fourth-order valence-electron chi connectivity index (χ4n) is 1.89. The summed E-state index contributed by atoms with van der Waals surface area (Å²) >= 11 is 0. The second-order valence-electron chi connectivity index (χ2n) is 3.61. The number of benzene rings is 1. The molecule has 2 rings (SSSR count). The molecule has 0 fully saturated rings. The summed E-state index contributed by atoms with van der Waals surface area (Å²) in [6.45, 7) is 0.238. The third-order valence-electron chi connectivity index (χ3n) is 2.74. The first-order valence-electron chi connectivity index (χ1n) is 4.94. The standard InChI is InChI=1S/C12H15NO/c1-13-11(8-9-14)7-6-10-4-2-3-5-12(10)13/h2-7,11,14H,8-9H2,1H3. The molecular weight excluding hydrogens is 174 g/mol. The summed E-state index contributed by atoms with van der Waals surface area (Å²) in [4.78, 5) is 2.21. The maximum atomic E-state index is 8.92. The van der Waals surface area contributed by atoms with Crippen LogP contribution in [0.15, 0.2) is 30.3 Å². The van der Waals surface area contributed by atoms with Crippen LogP contribution in [0.1, 0.15) is 12.0 Å². The summed E-state index contributed by atoms with van der Waals surface area (Å²) in [7, 11) is 2.07. The Morgan fingerprint density at radius 2 is 2.14 bits per heavy atom. The number of aliphatic hydroxyl groups is 1. The van der Waals surface area contributed by atoms with E-state index in [1.165, 1.54) is 11.3 Å². The lowest BCUT2D eigenvalue weighted by Crippen LogP contribution is -2.32. The normalized spacial score (nSPS) is 19.6. The van der Waals surface area contributed by atoms with Crippen LogP contribution in [-0.2, 0) is 0 Å². The summed E-state index contributed by atoms with van der Waals surface area (Å²) in [6, 6.07) is 8.64. The van der Waals surface area contributed by atoms with Gasteiger partial charge in [-0.15, -0.1) is 0 Å². The van der Waals surface area contributed by atoms with E-state index in [2.05, 4.69) is 36.2 Å². The Bertz CT molecular complexity index is 346. The van der Waals surface area contributed by atoms with Crippen molar-refractivity contribution in [2.24, 2.45) is 0 Å². The Kier molecular flexibility index (Phi) is 2.55. The van der Waals surface area contributed by atoms with E-state index >= 15 is 0 Å². The van der Waals surface area contributed by atoms with Crippen molar-refractivity contribution in [3.8, 4) is 0 Å². The van der Waals surface area contributed by atoms with E-state index in [1.807, 2.05) is 12.1 Å². The molecule has 0 saturated carbocycles. The Morgan fingerprint density at radius 1 is 1.36 bits per heavy atom.